The molecule has 0 radical (unpaired) electrons. The quantitative estimate of drug-likeness (QED) is 0.897. The Bertz CT molecular complexity index is 524. The summed E-state index contributed by atoms with van der Waals surface area (Å²) in [6.45, 7) is 0.598. The summed E-state index contributed by atoms with van der Waals surface area (Å²) in [5.41, 5.74) is 0.591. The van der Waals surface area contributed by atoms with Crippen LogP contribution in [0.3, 0.4) is 0 Å². The minimum atomic E-state index is -3.46. The lowest BCUT2D eigenvalue weighted by Gasteiger charge is -2.21. The molecule has 6 heteroatoms. The Balaban J connectivity index is 2.20. The maximum Gasteiger partial charge on any atom is 0.246 e. The number of anilines is 1. The van der Waals surface area contributed by atoms with Gasteiger partial charge >= 0.3 is 0 Å². The molecule has 1 aromatic heterocycles. The standard InChI is InChI=1S/C13H21N3O2S/c1-14-12-7-8-15-9-13(12)19(17,18)16(2)10-11-5-3-4-6-11/h7-9,11H,3-6,10H2,1-2H3,(H,14,15). The Labute approximate surface area is 115 Å². The second-order valence-corrected chi connectivity index (χ2v) is 7.07. The zero-order valence-corrected chi connectivity index (χ0v) is 12.3. The predicted octanol–water partition coefficient (Wildman–Crippen LogP) is 1.93. The lowest BCUT2D eigenvalue weighted by molar-refractivity contribution is 0.387. The van der Waals surface area contributed by atoms with Gasteiger partial charge in [-0.05, 0) is 24.8 Å². The number of pyridine rings is 1. The molecule has 0 spiro atoms. The molecule has 0 unspecified atom stereocenters. The molecule has 1 aliphatic rings. The van der Waals surface area contributed by atoms with E-state index in [9.17, 15) is 8.42 Å². The minimum Gasteiger partial charge on any atom is -0.387 e. The van der Waals surface area contributed by atoms with E-state index in [0.29, 0.717) is 18.2 Å². The topological polar surface area (TPSA) is 62.3 Å². The number of rotatable bonds is 5. The zero-order valence-electron chi connectivity index (χ0n) is 11.5. The molecule has 0 amide bonds. The summed E-state index contributed by atoms with van der Waals surface area (Å²) in [6.07, 6.45) is 7.69. The van der Waals surface area contributed by atoms with Gasteiger partial charge in [-0.15, -0.1) is 0 Å². The van der Waals surface area contributed by atoms with E-state index in [-0.39, 0.29) is 4.90 Å². The van der Waals surface area contributed by atoms with E-state index < -0.39 is 10.0 Å². The molecule has 0 atom stereocenters. The Kier molecular flexibility index (Phi) is 4.42. The molecule has 2 rings (SSSR count). The predicted molar refractivity (Wildman–Crippen MR) is 75.6 cm³/mol. The van der Waals surface area contributed by atoms with Gasteiger partial charge < -0.3 is 5.32 Å². The molecule has 0 bridgehead atoms. The SMILES string of the molecule is CNc1ccncc1S(=O)(=O)N(C)CC1CCCC1. The summed E-state index contributed by atoms with van der Waals surface area (Å²) in [7, 11) is -0.0944. The number of nitrogens with zero attached hydrogens (tertiary/aromatic N) is 2. The molecular formula is C13H21N3O2S. The largest absolute Gasteiger partial charge is 0.387 e. The first-order chi connectivity index (χ1) is 9.05. The van der Waals surface area contributed by atoms with Crippen molar-refractivity contribution < 1.29 is 8.42 Å². The van der Waals surface area contributed by atoms with Gasteiger partial charge in [0.1, 0.15) is 4.90 Å². The van der Waals surface area contributed by atoms with E-state index in [0.717, 1.165) is 12.8 Å². The highest BCUT2D eigenvalue weighted by atomic mass is 32.2. The van der Waals surface area contributed by atoms with Gasteiger partial charge in [0, 0.05) is 33.0 Å². The fourth-order valence-electron chi connectivity index (χ4n) is 2.61. The van der Waals surface area contributed by atoms with Crippen LogP contribution in [-0.4, -0.2) is 38.3 Å². The molecule has 106 valence electrons. The number of nitrogens with one attached hydrogen (secondary N) is 1. The van der Waals surface area contributed by atoms with Gasteiger partial charge in [0.05, 0.1) is 5.69 Å². The van der Waals surface area contributed by atoms with Crippen molar-refractivity contribution in [2.45, 2.75) is 30.6 Å². The highest BCUT2D eigenvalue weighted by Crippen LogP contribution is 2.28. The van der Waals surface area contributed by atoms with Crippen molar-refractivity contribution in [2.24, 2.45) is 5.92 Å². The summed E-state index contributed by atoms with van der Waals surface area (Å²) >= 11 is 0. The van der Waals surface area contributed by atoms with Crippen molar-refractivity contribution in [3.63, 3.8) is 0 Å². The molecule has 1 saturated carbocycles. The molecule has 5 nitrogen and oxygen atoms in total. The van der Waals surface area contributed by atoms with Crippen LogP contribution in [0.25, 0.3) is 0 Å². The molecular weight excluding hydrogens is 262 g/mol. The van der Waals surface area contributed by atoms with Crippen molar-refractivity contribution in [3.05, 3.63) is 18.5 Å². The second kappa shape index (κ2) is 5.88. The molecule has 0 aliphatic heterocycles. The van der Waals surface area contributed by atoms with Gasteiger partial charge in [0.15, 0.2) is 0 Å². The van der Waals surface area contributed by atoms with Gasteiger partial charge in [-0.3, -0.25) is 4.98 Å². The fraction of sp³-hybridized carbons (Fsp3) is 0.615. The van der Waals surface area contributed by atoms with Crippen LogP contribution in [0, 0.1) is 5.92 Å². The van der Waals surface area contributed by atoms with Crippen LogP contribution in [0.2, 0.25) is 0 Å². The minimum absolute atomic E-state index is 0.248. The smallest absolute Gasteiger partial charge is 0.246 e. The molecule has 1 heterocycles. The summed E-state index contributed by atoms with van der Waals surface area (Å²) in [6, 6.07) is 1.68. The van der Waals surface area contributed by atoms with Gasteiger partial charge in [-0.25, -0.2) is 12.7 Å². The van der Waals surface area contributed by atoms with Crippen LogP contribution < -0.4 is 5.32 Å². The van der Waals surface area contributed by atoms with Gasteiger partial charge in [-0.2, -0.15) is 0 Å². The van der Waals surface area contributed by atoms with Crippen LogP contribution in [-0.2, 0) is 10.0 Å². The monoisotopic (exact) mass is 283 g/mol. The molecule has 1 fully saturated rings. The van der Waals surface area contributed by atoms with E-state index in [1.54, 1.807) is 26.4 Å². The highest BCUT2D eigenvalue weighted by molar-refractivity contribution is 7.89. The fourth-order valence-corrected chi connectivity index (χ4v) is 4.00. The van der Waals surface area contributed by atoms with Crippen LogP contribution in [0.15, 0.2) is 23.4 Å². The van der Waals surface area contributed by atoms with Gasteiger partial charge in [0.25, 0.3) is 0 Å². The van der Waals surface area contributed by atoms with Crippen LogP contribution in [0.4, 0.5) is 5.69 Å². The van der Waals surface area contributed by atoms with E-state index in [2.05, 4.69) is 10.3 Å². The molecule has 1 N–H and O–H groups in total. The van der Waals surface area contributed by atoms with Crippen LogP contribution in [0.5, 0.6) is 0 Å². The molecule has 1 aromatic rings. The Morgan fingerprint density at radius 1 is 1.42 bits per heavy atom. The second-order valence-electron chi connectivity index (χ2n) is 5.06. The van der Waals surface area contributed by atoms with Crippen LogP contribution >= 0.6 is 0 Å². The Morgan fingerprint density at radius 2 is 2.11 bits per heavy atom. The number of hydrogen-bond acceptors (Lipinski definition) is 4. The van der Waals surface area contributed by atoms with Crippen molar-refractivity contribution in [1.82, 2.24) is 9.29 Å². The van der Waals surface area contributed by atoms with Crippen molar-refractivity contribution >= 4 is 15.7 Å². The first-order valence-corrected chi connectivity index (χ1v) is 8.08. The van der Waals surface area contributed by atoms with E-state index in [4.69, 9.17) is 0 Å². The summed E-state index contributed by atoms with van der Waals surface area (Å²) < 4.78 is 26.6. The normalized spacial score (nSPS) is 17.0. The van der Waals surface area contributed by atoms with Gasteiger partial charge in [-0.1, -0.05) is 12.8 Å². The summed E-state index contributed by atoms with van der Waals surface area (Å²) in [5, 5.41) is 2.90. The number of sulfonamides is 1. The number of hydrogen-bond donors (Lipinski definition) is 1. The van der Waals surface area contributed by atoms with Crippen molar-refractivity contribution in [1.29, 1.82) is 0 Å². The van der Waals surface area contributed by atoms with Crippen molar-refractivity contribution in [2.75, 3.05) is 26.0 Å². The molecule has 0 aromatic carbocycles. The highest BCUT2D eigenvalue weighted by Gasteiger charge is 2.27. The Hall–Kier alpha value is -1.14. The van der Waals surface area contributed by atoms with Crippen LogP contribution in [0.1, 0.15) is 25.7 Å². The molecule has 0 saturated heterocycles. The maximum absolute atomic E-state index is 12.5. The third-order valence-corrected chi connectivity index (χ3v) is 5.58. The van der Waals surface area contributed by atoms with E-state index in [1.807, 2.05) is 0 Å². The van der Waals surface area contributed by atoms with Gasteiger partial charge in [0.2, 0.25) is 10.0 Å². The third kappa shape index (κ3) is 3.06. The van der Waals surface area contributed by atoms with Crippen molar-refractivity contribution in [3.8, 4) is 0 Å². The molecule has 19 heavy (non-hydrogen) atoms. The lowest BCUT2D eigenvalue weighted by atomic mass is 10.1. The summed E-state index contributed by atoms with van der Waals surface area (Å²) in [5.74, 6) is 0.495. The average molecular weight is 283 g/mol. The molecule has 1 aliphatic carbocycles. The first kappa shape index (κ1) is 14.3. The third-order valence-electron chi connectivity index (χ3n) is 3.73. The lowest BCUT2D eigenvalue weighted by Crippen LogP contribution is -2.31. The first-order valence-electron chi connectivity index (χ1n) is 6.64. The summed E-state index contributed by atoms with van der Waals surface area (Å²) in [4.78, 5) is 4.18. The maximum atomic E-state index is 12.5. The zero-order chi connectivity index (χ0) is 13.9. The average Bonchev–Trinajstić information content (AvgIpc) is 2.91. The number of aromatic nitrogens is 1. The van der Waals surface area contributed by atoms with E-state index in [1.165, 1.54) is 23.3 Å². The Morgan fingerprint density at radius 3 is 2.74 bits per heavy atom. The van der Waals surface area contributed by atoms with E-state index >= 15 is 0 Å².